The van der Waals surface area contributed by atoms with E-state index in [2.05, 4.69) is 26.8 Å². The highest BCUT2D eigenvalue weighted by Gasteiger charge is 2.28. The topological polar surface area (TPSA) is 42.7 Å². The van der Waals surface area contributed by atoms with Crippen LogP contribution in [0.5, 0.6) is 0 Å². The van der Waals surface area contributed by atoms with Crippen LogP contribution in [0.3, 0.4) is 0 Å². The van der Waals surface area contributed by atoms with E-state index in [9.17, 15) is 0 Å². The normalized spacial score (nSPS) is 15.6. The SMILES string of the molecule is CCCNCc1nc2cccnc2n1C1CC1. The Morgan fingerprint density at radius 1 is 1.47 bits per heavy atom. The van der Waals surface area contributed by atoms with Crippen LogP contribution < -0.4 is 5.32 Å². The van der Waals surface area contributed by atoms with E-state index in [4.69, 9.17) is 0 Å². The molecule has 2 aromatic heterocycles. The summed E-state index contributed by atoms with van der Waals surface area (Å²) in [5.41, 5.74) is 2.07. The van der Waals surface area contributed by atoms with Crippen molar-refractivity contribution in [1.82, 2.24) is 19.9 Å². The summed E-state index contributed by atoms with van der Waals surface area (Å²) in [4.78, 5) is 9.15. The summed E-state index contributed by atoms with van der Waals surface area (Å²) < 4.78 is 2.32. The van der Waals surface area contributed by atoms with Gasteiger partial charge in [-0.25, -0.2) is 9.97 Å². The Hall–Kier alpha value is -1.42. The molecule has 1 aliphatic carbocycles. The van der Waals surface area contributed by atoms with Crippen molar-refractivity contribution in [2.75, 3.05) is 6.54 Å². The van der Waals surface area contributed by atoms with Gasteiger partial charge < -0.3 is 9.88 Å². The minimum Gasteiger partial charge on any atom is -0.310 e. The van der Waals surface area contributed by atoms with Crippen molar-refractivity contribution in [2.24, 2.45) is 0 Å². The van der Waals surface area contributed by atoms with E-state index >= 15 is 0 Å². The van der Waals surface area contributed by atoms with E-state index in [0.29, 0.717) is 6.04 Å². The number of aromatic nitrogens is 3. The third-order valence-corrected chi connectivity index (χ3v) is 3.14. The summed E-state index contributed by atoms with van der Waals surface area (Å²) in [5, 5.41) is 3.42. The fraction of sp³-hybridized carbons (Fsp3) is 0.538. The molecule has 3 rings (SSSR count). The van der Waals surface area contributed by atoms with Crippen molar-refractivity contribution < 1.29 is 0 Å². The molecule has 1 fully saturated rings. The van der Waals surface area contributed by atoms with Crippen LogP contribution in [0.4, 0.5) is 0 Å². The number of hydrogen-bond donors (Lipinski definition) is 1. The highest BCUT2D eigenvalue weighted by atomic mass is 15.2. The lowest BCUT2D eigenvalue weighted by atomic mass is 10.4. The van der Waals surface area contributed by atoms with Crippen LogP contribution in [0, 0.1) is 0 Å². The molecule has 2 heterocycles. The van der Waals surface area contributed by atoms with Crippen molar-refractivity contribution in [3.05, 3.63) is 24.2 Å². The van der Waals surface area contributed by atoms with Gasteiger partial charge in [0.15, 0.2) is 5.65 Å². The minimum atomic E-state index is 0.633. The number of rotatable bonds is 5. The molecule has 0 spiro atoms. The summed E-state index contributed by atoms with van der Waals surface area (Å²) in [6, 6.07) is 4.63. The number of nitrogens with one attached hydrogen (secondary N) is 1. The molecule has 4 heteroatoms. The van der Waals surface area contributed by atoms with E-state index in [1.807, 2.05) is 18.3 Å². The molecule has 0 atom stereocenters. The largest absolute Gasteiger partial charge is 0.310 e. The first-order valence-corrected chi connectivity index (χ1v) is 6.42. The molecule has 4 nitrogen and oxygen atoms in total. The predicted molar refractivity (Wildman–Crippen MR) is 67.8 cm³/mol. The van der Waals surface area contributed by atoms with Gasteiger partial charge >= 0.3 is 0 Å². The quantitative estimate of drug-likeness (QED) is 0.801. The van der Waals surface area contributed by atoms with Crippen molar-refractivity contribution >= 4 is 11.2 Å². The van der Waals surface area contributed by atoms with Crippen LogP contribution in [0.2, 0.25) is 0 Å². The van der Waals surface area contributed by atoms with Gasteiger partial charge in [0.1, 0.15) is 11.3 Å². The first-order chi connectivity index (χ1) is 8.40. The first-order valence-electron chi connectivity index (χ1n) is 6.42. The molecule has 0 amide bonds. The van der Waals surface area contributed by atoms with Gasteiger partial charge in [-0.1, -0.05) is 6.92 Å². The lowest BCUT2D eigenvalue weighted by molar-refractivity contribution is 0.607. The van der Waals surface area contributed by atoms with Gasteiger partial charge in [0.05, 0.1) is 6.54 Å². The molecule has 0 radical (unpaired) electrons. The second-order valence-corrected chi connectivity index (χ2v) is 4.65. The molecule has 0 bridgehead atoms. The van der Waals surface area contributed by atoms with E-state index < -0.39 is 0 Å². The van der Waals surface area contributed by atoms with Gasteiger partial charge in [-0.05, 0) is 37.9 Å². The maximum absolute atomic E-state index is 4.68. The second-order valence-electron chi connectivity index (χ2n) is 4.65. The van der Waals surface area contributed by atoms with Gasteiger partial charge in [0.2, 0.25) is 0 Å². The maximum atomic E-state index is 4.68. The zero-order chi connectivity index (χ0) is 11.7. The van der Waals surface area contributed by atoms with Crippen molar-refractivity contribution in [1.29, 1.82) is 0 Å². The molecule has 2 aromatic rings. The highest BCUT2D eigenvalue weighted by molar-refractivity contribution is 5.71. The average molecular weight is 230 g/mol. The Balaban J connectivity index is 1.95. The highest BCUT2D eigenvalue weighted by Crippen LogP contribution is 2.38. The maximum Gasteiger partial charge on any atom is 0.160 e. The molecule has 1 aliphatic rings. The van der Waals surface area contributed by atoms with E-state index in [1.165, 1.54) is 12.8 Å². The van der Waals surface area contributed by atoms with E-state index in [0.717, 1.165) is 36.5 Å². The zero-order valence-corrected chi connectivity index (χ0v) is 10.2. The Bertz CT molecular complexity index is 513. The van der Waals surface area contributed by atoms with Gasteiger partial charge in [-0.2, -0.15) is 0 Å². The van der Waals surface area contributed by atoms with Crippen LogP contribution in [0.15, 0.2) is 18.3 Å². The second kappa shape index (κ2) is 4.45. The molecular formula is C13H18N4. The fourth-order valence-corrected chi connectivity index (χ4v) is 2.19. The van der Waals surface area contributed by atoms with Crippen LogP contribution in [-0.2, 0) is 6.54 Å². The number of pyridine rings is 1. The zero-order valence-electron chi connectivity index (χ0n) is 10.2. The summed E-state index contributed by atoms with van der Waals surface area (Å²) in [6.45, 7) is 4.07. The minimum absolute atomic E-state index is 0.633. The Morgan fingerprint density at radius 2 is 2.35 bits per heavy atom. The standard InChI is InChI=1S/C13H18N4/c1-2-7-14-9-12-16-11-4-3-8-15-13(11)17(12)10-5-6-10/h3-4,8,10,14H,2,5-7,9H2,1H3. The van der Waals surface area contributed by atoms with Gasteiger partial charge in [-0.3, -0.25) is 0 Å². The Kier molecular flexibility index (Phi) is 2.81. The first kappa shape index (κ1) is 10.7. The molecule has 90 valence electrons. The monoisotopic (exact) mass is 230 g/mol. The number of hydrogen-bond acceptors (Lipinski definition) is 3. The van der Waals surface area contributed by atoms with Crippen molar-refractivity contribution in [3.63, 3.8) is 0 Å². The van der Waals surface area contributed by atoms with E-state index in [1.54, 1.807) is 0 Å². The van der Waals surface area contributed by atoms with Crippen molar-refractivity contribution in [2.45, 2.75) is 38.8 Å². The third-order valence-electron chi connectivity index (χ3n) is 3.14. The molecule has 0 unspecified atom stereocenters. The lowest BCUT2D eigenvalue weighted by Gasteiger charge is -2.07. The van der Waals surface area contributed by atoms with Crippen molar-refractivity contribution in [3.8, 4) is 0 Å². The van der Waals surface area contributed by atoms with Gasteiger partial charge in [-0.15, -0.1) is 0 Å². The predicted octanol–water partition coefficient (Wildman–Crippen LogP) is 2.27. The van der Waals surface area contributed by atoms with Crippen LogP contribution in [-0.4, -0.2) is 21.1 Å². The number of fused-ring (bicyclic) bond motifs is 1. The molecule has 17 heavy (non-hydrogen) atoms. The van der Waals surface area contributed by atoms with Crippen LogP contribution in [0.25, 0.3) is 11.2 Å². The van der Waals surface area contributed by atoms with Gasteiger partial charge in [0.25, 0.3) is 0 Å². The summed E-state index contributed by atoms with van der Waals surface area (Å²) >= 11 is 0. The Morgan fingerprint density at radius 3 is 3.12 bits per heavy atom. The van der Waals surface area contributed by atoms with Crippen LogP contribution in [0.1, 0.15) is 38.1 Å². The molecule has 0 aliphatic heterocycles. The third kappa shape index (κ3) is 2.05. The molecular weight excluding hydrogens is 212 g/mol. The summed E-state index contributed by atoms with van der Waals surface area (Å²) in [5.74, 6) is 1.13. The molecule has 0 saturated heterocycles. The molecule has 0 aromatic carbocycles. The summed E-state index contributed by atoms with van der Waals surface area (Å²) in [6.07, 6.45) is 5.54. The number of imidazole rings is 1. The lowest BCUT2D eigenvalue weighted by Crippen LogP contribution is -2.17. The van der Waals surface area contributed by atoms with Crippen LogP contribution >= 0.6 is 0 Å². The van der Waals surface area contributed by atoms with Gasteiger partial charge in [0, 0.05) is 12.2 Å². The van der Waals surface area contributed by atoms with E-state index in [-0.39, 0.29) is 0 Å². The molecule has 1 N–H and O–H groups in total. The Labute approximate surface area is 101 Å². The average Bonchev–Trinajstić information content (AvgIpc) is 3.11. The number of nitrogens with zero attached hydrogens (tertiary/aromatic N) is 3. The summed E-state index contributed by atoms with van der Waals surface area (Å²) in [7, 11) is 0. The molecule has 1 saturated carbocycles. The smallest absolute Gasteiger partial charge is 0.160 e. The fourth-order valence-electron chi connectivity index (χ4n) is 2.19.